The number of carbonyl (C=O) groups excluding carboxylic acids is 1. The molecule has 0 bridgehead atoms. The van der Waals surface area contributed by atoms with Crippen LogP contribution in [0.2, 0.25) is 0 Å². The molecule has 2 aromatic carbocycles. The van der Waals surface area contributed by atoms with Crippen LogP contribution >= 0.6 is 0 Å². The Kier molecular flexibility index (Phi) is 7.38. The van der Waals surface area contributed by atoms with E-state index in [1.54, 1.807) is 42.7 Å². The van der Waals surface area contributed by atoms with Crippen molar-refractivity contribution in [1.82, 2.24) is 15.0 Å². The Morgan fingerprint density at radius 2 is 1.65 bits per heavy atom. The molecular weight excluding hydrogens is 453 g/mol. The summed E-state index contributed by atoms with van der Waals surface area (Å²) < 4.78 is 41.9. The molecule has 8 heteroatoms. The molecule has 0 unspecified atom stereocenters. The molecule has 3 aromatic rings. The number of pyridine rings is 1. The van der Waals surface area contributed by atoms with Crippen LogP contribution in [0.5, 0.6) is 0 Å². The SMILES string of the molecule is C[C@@H](NC(=O)C1CCC(NS(=O)(=O)c2cccc(-c3ccncc3)c2)CC1)c1ccc(F)cc1. The third-order valence-corrected chi connectivity index (χ3v) is 7.82. The molecule has 0 aliphatic heterocycles. The van der Waals surface area contributed by atoms with Crippen molar-refractivity contribution in [3.05, 3.63) is 84.4 Å². The third-order valence-electron chi connectivity index (χ3n) is 6.31. The highest BCUT2D eigenvalue weighted by Crippen LogP contribution is 2.28. The van der Waals surface area contributed by atoms with Gasteiger partial charge in [0.2, 0.25) is 15.9 Å². The maximum atomic E-state index is 13.1. The molecule has 1 saturated carbocycles. The number of nitrogens with one attached hydrogen (secondary N) is 2. The van der Waals surface area contributed by atoms with E-state index in [-0.39, 0.29) is 34.6 Å². The molecule has 1 fully saturated rings. The van der Waals surface area contributed by atoms with Crippen molar-refractivity contribution in [2.24, 2.45) is 5.92 Å². The van der Waals surface area contributed by atoms with E-state index >= 15 is 0 Å². The summed E-state index contributed by atoms with van der Waals surface area (Å²) >= 11 is 0. The van der Waals surface area contributed by atoms with Gasteiger partial charge in [-0.3, -0.25) is 9.78 Å². The minimum Gasteiger partial charge on any atom is -0.349 e. The fourth-order valence-corrected chi connectivity index (χ4v) is 5.66. The van der Waals surface area contributed by atoms with Crippen LogP contribution in [-0.4, -0.2) is 25.4 Å². The van der Waals surface area contributed by atoms with Gasteiger partial charge in [-0.25, -0.2) is 17.5 Å². The predicted octanol–water partition coefficient (Wildman–Crippen LogP) is 4.60. The first kappa shape index (κ1) is 24.0. The summed E-state index contributed by atoms with van der Waals surface area (Å²) in [5.74, 6) is -0.533. The van der Waals surface area contributed by atoms with Crippen molar-refractivity contribution in [3.63, 3.8) is 0 Å². The van der Waals surface area contributed by atoms with E-state index in [1.165, 1.54) is 12.1 Å². The van der Waals surface area contributed by atoms with Crippen molar-refractivity contribution in [2.45, 2.75) is 49.6 Å². The van der Waals surface area contributed by atoms with E-state index in [0.717, 1.165) is 16.7 Å². The molecule has 4 rings (SSSR count). The summed E-state index contributed by atoms with van der Waals surface area (Å²) in [4.78, 5) is 16.9. The van der Waals surface area contributed by atoms with Gasteiger partial charge in [0.15, 0.2) is 0 Å². The van der Waals surface area contributed by atoms with E-state index in [9.17, 15) is 17.6 Å². The molecule has 1 heterocycles. The Hall–Kier alpha value is -3.10. The van der Waals surface area contributed by atoms with Crippen LogP contribution in [0, 0.1) is 11.7 Å². The summed E-state index contributed by atoms with van der Waals surface area (Å²) in [7, 11) is -3.68. The standard InChI is InChI=1S/C26H28FN3O3S/c1-18(19-5-9-23(27)10-6-19)29-26(31)21-7-11-24(12-8-21)30-34(32,33)25-4-2-3-22(17-25)20-13-15-28-16-14-20/h2-6,9-10,13-18,21,24,30H,7-8,11-12H2,1H3,(H,29,31)/t18-,21?,24?/m1/s1. The van der Waals surface area contributed by atoms with Crippen LogP contribution in [-0.2, 0) is 14.8 Å². The van der Waals surface area contributed by atoms with Crippen molar-refractivity contribution >= 4 is 15.9 Å². The lowest BCUT2D eigenvalue weighted by Gasteiger charge is -2.29. The molecule has 1 aliphatic carbocycles. The Morgan fingerprint density at radius 3 is 2.32 bits per heavy atom. The first-order valence-electron chi connectivity index (χ1n) is 11.4. The first-order valence-corrected chi connectivity index (χ1v) is 12.9. The van der Waals surface area contributed by atoms with Crippen LogP contribution in [0.4, 0.5) is 4.39 Å². The molecule has 6 nitrogen and oxygen atoms in total. The summed E-state index contributed by atoms with van der Waals surface area (Å²) in [6.45, 7) is 1.87. The maximum absolute atomic E-state index is 13.1. The fourth-order valence-electron chi connectivity index (χ4n) is 4.31. The molecule has 2 N–H and O–H groups in total. The van der Waals surface area contributed by atoms with E-state index in [2.05, 4.69) is 15.0 Å². The van der Waals surface area contributed by atoms with Gasteiger partial charge in [-0.2, -0.15) is 0 Å². The number of sulfonamides is 1. The number of amides is 1. The number of benzene rings is 2. The average Bonchev–Trinajstić information content (AvgIpc) is 2.85. The van der Waals surface area contributed by atoms with Gasteiger partial charge in [-0.1, -0.05) is 24.3 Å². The summed E-state index contributed by atoms with van der Waals surface area (Å²) in [6, 6.07) is 16.2. The van der Waals surface area contributed by atoms with Gasteiger partial charge in [0.05, 0.1) is 10.9 Å². The van der Waals surface area contributed by atoms with Crippen LogP contribution < -0.4 is 10.0 Å². The fraction of sp³-hybridized carbons (Fsp3) is 0.308. The molecule has 1 atom stereocenters. The molecule has 34 heavy (non-hydrogen) atoms. The first-order chi connectivity index (χ1) is 16.3. The number of hydrogen-bond acceptors (Lipinski definition) is 4. The molecule has 1 aliphatic rings. The van der Waals surface area contributed by atoms with Crippen LogP contribution in [0.25, 0.3) is 11.1 Å². The molecule has 1 amide bonds. The van der Waals surface area contributed by atoms with Gasteiger partial charge in [0.25, 0.3) is 0 Å². The van der Waals surface area contributed by atoms with Gasteiger partial charge in [0.1, 0.15) is 5.82 Å². The molecule has 0 saturated heterocycles. The second-order valence-corrected chi connectivity index (χ2v) is 10.4. The number of rotatable bonds is 7. The molecule has 178 valence electrons. The second-order valence-electron chi connectivity index (χ2n) is 8.72. The van der Waals surface area contributed by atoms with E-state index in [0.29, 0.717) is 25.7 Å². The lowest BCUT2D eigenvalue weighted by Crippen LogP contribution is -2.41. The number of aromatic nitrogens is 1. The summed E-state index contributed by atoms with van der Waals surface area (Å²) in [5.41, 5.74) is 2.54. The van der Waals surface area contributed by atoms with Crippen molar-refractivity contribution < 1.29 is 17.6 Å². The third kappa shape index (κ3) is 5.87. The zero-order chi connectivity index (χ0) is 24.1. The van der Waals surface area contributed by atoms with Crippen molar-refractivity contribution in [3.8, 4) is 11.1 Å². The van der Waals surface area contributed by atoms with Crippen LogP contribution in [0.3, 0.4) is 0 Å². The van der Waals surface area contributed by atoms with E-state index in [1.807, 2.05) is 25.1 Å². The molecular formula is C26H28FN3O3S. The smallest absolute Gasteiger partial charge is 0.240 e. The van der Waals surface area contributed by atoms with Crippen molar-refractivity contribution in [1.29, 1.82) is 0 Å². The minimum absolute atomic E-state index is 0.0526. The van der Waals surface area contributed by atoms with Gasteiger partial charge < -0.3 is 5.32 Å². The highest BCUT2D eigenvalue weighted by atomic mass is 32.2. The predicted molar refractivity (Wildman–Crippen MR) is 129 cm³/mol. The van der Waals surface area contributed by atoms with Crippen LogP contribution in [0.15, 0.2) is 78.0 Å². The van der Waals surface area contributed by atoms with Gasteiger partial charge in [0, 0.05) is 24.4 Å². The maximum Gasteiger partial charge on any atom is 0.240 e. The van der Waals surface area contributed by atoms with E-state index in [4.69, 9.17) is 0 Å². The van der Waals surface area contributed by atoms with Gasteiger partial charge >= 0.3 is 0 Å². The topological polar surface area (TPSA) is 88.2 Å². The van der Waals surface area contributed by atoms with Crippen LogP contribution in [0.1, 0.15) is 44.2 Å². The van der Waals surface area contributed by atoms with Gasteiger partial charge in [-0.05, 0) is 85.7 Å². The lowest BCUT2D eigenvalue weighted by molar-refractivity contribution is -0.126. The Labute approximate surface area is 199 Å². The number of halogens is 1. The summed E-state index contributed by atoms with van der Waals surface area (Å²) in [5, 5.41) is 2.99. The zero-order valence-corrected chi connectivity index (χ0v) is 19.8. The number of nitrogens with zero attached hydrogens (tertiary/aromatic N) is 1. The highest BCUT2D eigenvalue weighted by molar-refractivity contribution is 7.89. The Balaban J connectivity index is 1.33. The highest BCUT2D eigenvalue weighted by Gasteiger charge is 2.30. The normalized spacial score (nSPS) is 19.4. The number of carbonyl (C=O) groups is 1. The number of hydrogen-bond donors (Lipinski definition) is 2. The monoisotopic (exact) mass is 481 g/mol. The Morgan fingerprint density at radius 1 is 0.971 bits per heavy atom. The average molecular weight is 482 g/mol. The Bertz CT molecular complexity index is 1230. The lowest BCUT2D eigenvalue weighted by atomic mass is 9.85. The summed E-state index contributed by atoms with van der Waals surface area (Å²) in [6.07, 6.45) is 5.73. The zero-order valence-electron chi connectivity index (χ0n) is 18.9. The largest absolute Gasteiger partial charge is 0.349 e. The molecule has 0 spiro atoms. The molecule has 0 radical (unpaired) electrons. The van der Waals surface area contributed by atoms with E-state index < -0.39 is 10.0 Å². The van der Waals surface area contributed by atoms with Crippen molar-refractivity contribution in [2.75, 3.05) is 0 Å². The quantitative estimate of drug-likeness (QED) is 0.516. The minimum atomic E-state index is -3.68. The van der Waals surface area contributed by atoms with Gasteiger partial charge in [-0.15, -0.1) is 0 Å². The molecule has 1 aromatic heterocycles. The second kappa shape index (κ2) is 10.4.